The lowest BCUT2D eigenvalue weighted by molar-refractivity contribution is -0.137. The highest BCUT2D eigenvalue weighted by Crippen LogP contribution is 2.31. The number of rotatable bonds is 5. The lowest BCUT2D eigenvalue weighted by atomic mass is 10.2. The number of thioether (sulfide) groups is 1. The van der Waals surface area contributed by atoms with Gasteiger partial charge in [-0.25, -0.2) is 0 Å². The maximum Gasteiger partial charge on any atom is 0.319 e. The molecule has 3 rings (SSSR count). The number of benzene rings is 1. The van der Waals surface area contributed by atoms with Crippen molar-refractivity contribution in [2.24, 2.45) is 0 Å². The van der Waals surface area contributed by atoms with Crippen molar-refractivity contribution in [1.29, 1.82) is 0 Å². The van der Waals surface area contributed by atoms with E-state index < -0.39 is 0 Å². The van der Waals surface area contributed by atoms with E-state index in [1.54, 1.807) is 6.08 Å². The first-order valence-corrected chi connectivity index (χ1v) is 8.49. The van der Waals surface area contributed by atoms with E-state index in [-0.39, 0.29) is 11.2 Å². The molecule has 114 valence electrons. The second-order valence-corrected chi connectivity index (χ2v) is 6.86. The van der Waals surface area contributed by atoms with E-state index in [2.05, 4.69) is 32.7 Å². The fourth-order valence-corrected chi connectivity index (χ4v) is 3.47. The highest BCUT2D eigenvalue weighted by Gasteiger charge is 2.29. The molecule has 22 heavy (non-hydrogen) atoms. The van der Waals surface area contributed by atoms with Gasteiger partial charge in [-0.1, -0.05) is 45.9 Å². The molecule has 1 aromatic heterocycles. The third-order valence-corrected chi connectivity index (χ3v) is 5.02. The third kappa shape index (κ3) is 3.10. The minimum Gasteiger partial charge on any atom is -0.465 e. The van der Waals surface area contributed by atoms with Gasteiger partial charge < -0.3 is 4.74 Å². The molecule has 0 amide bonds. The zero-order valence-corrected chi connectivity index (χ0v) is 14.1. The van der Waals surface area contributed by atoms with E-state index in [0.717, 1.165) is 15.9 Å². The predicted molar refractivity (Wildman–Crippen MR) is 88.6 cm³/mol. The minimum atomic E-state index is -0.203. The number of halogens is 1. The van der Waals surface area contributed by atoms with Crippen molar-refractivity contribution in [2.45, 2.75) is 23.4 Å². The van der Waals surface area contributed by atoms with Gasteiger partial charge in [-0.15, -0.1) is 16.8 Å². The van der Waals surface area contributed by atoms with Crippen LogP contribution < -0.4 is 0 Å². The van der Waals surface area contributed by atoms with Crippen LogP contribution in [0.25, 0.3) is 11.4 Å². The van der Waals surface area contributed by atoms with Crippen LogP contribution in [0.3, 0.4) is 0 Å². The molecule has 0 unspecified atom stereocenters. The number of aromatic nitrogens is 3. The number of carbonyl (C=O) groups excluding carboxylic acids is 1. The molecule has 1 aliphatic rings. The molecule has 1 atom stereocenters. The van der Waals surface area contributed by atoms with E-state index >= 15 is 0 Å². The van der Waals surface area contributed by atoms with Gasteiger partial charge in [0.2, 0.25) is 0 Å². The molecule has 0 bridgehead atoms. The van der Waals surface area contributed by atoms with Crippen LogP contribution in [-0.2, 0) is 16.1 Å². The Morgan fingerprint density at radius 3 is 2.82 bits per heavy atom. The Bertz CT molecular complexity index is 699. The Hall–Kier alpha value is -1.60. The van der Waals surface area contributed by atoms with E-state index in [9.17, 15) is 4.79 Å². The predicted octanol–water partition coefficient (Wildman–Crippen LogP) is 3.30. The Morgan fingerprint density at radius 2 is 2.18 bits per heavy atom. The number of allylic oxidation sites excluding steroid dienone is 1. The number of hydrogen-bond acceptors (Lipinski definition) is 5. The number of cyclic esters (lactones) is 1. The third-order valence-electron chi connectivity index (χ3n) is 3.27. The number of esters is 1. The highest BCUT2D eigenvalue weighted by atomic mass is 79.9. The topological polar surface area (TPSA) is 57.0 Å². The van der Waals surface area contributed by atoms with Crippen LogP contribution in [0, 0.1) is 0 Å². The van der Waals surface area contributed by atoms with Crippen LogP contribution in [0.2, 0.25) is 0 Å². The van der Waals surface area contributed by atoms with Crippen molar-refractivity contribution in [3.8, 4) is 11.4 Å². The lowest BCUT2D eigenvalue weighted by Gasteiger charge is -2.09. The summed E-state index contributed by atoms with van der Waals surface area (Å²) in [6.07, 6.45) is 2.50. The van der Waals surface area contributed by atoms with Crippen molar-refractivity contribution >= 4 is 33.7 Å². The van der Waals surface area contributed by atoms with Gasteiger partial charge in [0.15, 0.2) is 11.0 Å². The van der Waals surface area contributed by atoms with E-state index in [0.29, 0.717) is 24.7 Å². The summed E-state index contributed by atoms with van der Waals surface area (Å²) in [6, 6.07) is 7.88. The number of ether oxygens (including phenoxy) is 1. The standard InChI is InChI=1S/C15H14BrN3O2S/c1-2-8-19-13(10-3-5-11(16)6-4-10)17-18-15(19)22-12-7-9-21-14(12)20/h2-6,12H,1,7-9H2/t12-/m1/s1. The average Bonchev–Trinajstić information content (AvgIpc) is 3.09. The van der Waals surface area contributed by atoms with Gasteiger partial charge in [0.05, 0.1) is 6.61 Å². The molecule has 1 fully saturated rings. The Morgan fingerprint density at radius 1 is 1.41 bits per heavy atom. The van der Waals surface area contributed by atoms with Crippen LogP contribution in [0.1, 0.15) is 6.42 Å². The molecular weight excluding hydrogens is 366 g/mol. The summed E-state index contributed by atoms with van der Waals surface area (Å²) in [5.41, 5.74) is 0.971. The molecule has 5 nitrogen and oxygen atoms in total. The first-order chi connectivity index (χ1) is 10.7. The van der Waals surface area contributed by atoms with Gasteiger partial charge >= 0.3 is 5.97 Å². The monoisotopic (exact) mass is 379 g/mol. The van der Waals surface area contributed by atoms with Crippen molar-refractivity contribution in [3.05, 3.63) is 41.4 Å². The molecule has 2 heterocycles. The van der Waals surface area contributed by atoms with Gasteiger partial charge in [-0.3, -0.25) is 9.36 Å². The molecular formula is C15H14BrN3O2S. The zero-order chi connectivity index (χ0) is 15.5. The number of carbonyl (C=O) groups is 1. The normalized spacial score (nSPS) is 17.5. The second kappa shape index (κ2) is 6.66. The maximum absolute atomic E-state index is 11.6. The molecule has 0 spiro atoms. The molecule has 1 saturated heterocycles. The number of nitrogens with zero attached hydrogens (tertiary/aromatic N) is 3. The van der Waals surface area contributed by atoms with Crippen LogP contribution in [0.4, 0.5) is 0 Å². The molecule has 1 aromatic carbocycles. The smallest absolute Gasteiger partial charge is 0.319 e. The van der Waals surface area contributed by atoms with E-state index in [1.165, 1.54) is 11.8 Å². The molecule has 0 saturated carbocycles. The van der Waals surface area contributed by atoms with Crippen molar-refractivity contribution < 1.29 is 9.53 Å². The zero-order valence-electron chi connectivity index (χ0n) is 11.7. The molecule has 7 heteroatoms. The van der Waals surface area contributed by atoms with Crippen molar-refractivity contribution in [1.82, 2.24) is 14.8 Å². The highest BCUT2D eigenvalue weighted by molar-refractivity contribution is 9.10. The maximum atomic E-state index is 11.6. The Balaban J connectivity index is 1.92. The van der Waals surface area contributed by atoms with Crippen molar-refractivity contribution in [3.63, 3.8) is 0 Å². The SMILES string of the molecule is C=CCn1c(S[C@@H]2CCOC2=O)nnc1-c1ccc(Br)cc1. The van der Waals surface area contributed by atoms with Crippen molar-refractivity contribution in [2.75, 3.05) is 6.61 Å². The van der Waals surface area contributed by atoms with Crippen LogP contribution >= 0.6 is 27.7 Å². The molecule has 0 N–H and O–H groups in total. The fraction of sp³-hybridized carbons (Fsp3) is 0.267. The average molecular weight is 380 g/mol. The van der Waals surface area contributed by atoms with E-state index in [1.807, 2.05) is 28.8 Å². The molecule has 0 aliphatic carbocycles. The fourth-order valence-electron chi connectivity index (χ4n) is 2.19. The van der Waals surface area contributed by atoms with Gasteiger partial charge in [0, 0.05) is 23.0 Å². The minimum absolute atomic E-state index is 0.177. The van der Waals surface area contributed by atoms with Crippen LogP contribution in [0.5, 0.6) is 0 Å². The largest absolute Gasteiger partial charge is 0.465 e. The summed E-state index contributed by atoms with van der Waals surface area (Å²) in [5.74, 6) is 0.588. The van der Waals surface area contributed by atoms with E-state index in [4.69, 9.17) is 4.74 Å². The van der Waals surface area contributed by atoms with Crippen LogP contribution in [-0.4, -0.2) is 32.6 Å². The molecule has 2 aromatic rings. The summed E-state index contributed by atoms with van der Waals surface area (Å²) in [7, 11) is 0. The van der Waals surface area contributed by atoms with Gasteiger partial charge in [-0.05, 0) is 12.1 Å². The summed E-state index contributed by atoms with van der Waals surface area (Å²) < 4.78 is 7.97. The Kier molecular flexibility index (Phi) is 4.63. The lowest BCUT2D eigenvalue weighted by Crippen LogP contribution is -2.11. The first-order valence-electron chi connectivity index (χ1n) is 6.82. The Labute approximate surface area is 140 Å². The van der Waals surface area contributed by atoms with Gasteiger partial charge in [0.1, 0.15) is 5.25 Å². The second-order valence-electron chi connectivity index (χ2n) is 4.78. The quantitative estimate of drug-likeness (QED) is 0.589. The molecule has 1 aliphatic heterocycles. The first kappa shape index (κ1) is 15.3. The van der Waals surface area contributed by atoms with Gasteiger partial charge in [0.25, 0.3) is 0 Å². The van der Waals surface area contributed by atoms with Crippen LogP contribution in [0.15, 0.2) is 46.5 Å². The summed E-state index contributed by atoms with van der Waals surface area (Å²) in [4.78, 5) is 11.6. The van der Waals surface area contributed by atoms with Gasteiger partial charge in [-0.2, -0.15) is 0 Å². The summed E-state index contributed by atoms with van der Waals surface area (Å²) >= 11 is 4.83. The summed E-state index contributed by atoms with van der Waals surface area (Å²) in [6.45, 7) is 4.85. The summed E-state index contributed by atoms with van der Waals surface area (Å²) in [5, 5.41) is 9.03. The number of hydrogen-bond donors (Lipinski definition) is 0. The molecule has 0 radical (unpaired) electrons.